The summed E-state index contributed by atoms with van der Waals surface area (Å²) in [5.74, 6) is -0.0915. The average Bonchev–Trinajstić information content (AvgIpc) is 3.69. The van der Waals surface area contributed by atoms with E-state index in [1.54, 1.807) is 31.6 Å². The lowest BCUT2D eigenvalue weighted by Gasteiger charge is -2.32. The van der Waals surface area contributed by atoms with Crippen LogP contribution in [-0.2, 0) is 30.2 Å². The zero-order valence-electron chi connectivity index (χ0n) is 24.7. The molecule has 9 nitrogen and oxygen atoms in total. The number of ether oxygens (including phenoxy) is 2. The average molecular weight is 586 g/mol. The molecule has 4 heterocycles. The van der Waals surface area contributed by atoms with Crippen LogP contribution >= 0.6 is 0 Å². The third kappa shape index (κ3) is 5.79. The number of halogens is 1. The largest absolute Gasteiger partial charge is 0.478 e. The Labute approximate surface area is 250 Å². The number of carbonyl (C=O) groups is 1. The number of nitrogens with zero attached hydrogens (tertiary/aromatic N) is 5. The summed E-state index contributed by atoms with van der Waals surface area (Å²) >= 11 is 0. The molecular weight excluding hydrogens is 549 g/mol. The Hall–Kier alpha value is -4.44. The number of carboxylic acid groups (broad SMARTS) is 1. The summed E-state index contributed by atoms with van der Waals surface area (Å²) < 4.78 is 31.6. The van der Waals surface area contributed by atoms with E-state index in [1.807, 2.05) is 31.3 Å². The maximum atomic E-state index is 14.9. The van der Waals surface area contributed by atoms with Crippen LogP contribution in [0.3, 0.4) is 0 Å². The first-order valence-corrected chi connectivity index (χ1v) is 14.7. The van der Waals surface area contributed by atoms with Crippen LogP contribution in [0.2, 0.25) is 0 Å². The van der Waals surface area contributed by atoms with Crippen LogP contribution in [0.15, 0.2) is 61.2 Å². The van der Waals surface area contributed by atoms with Crippen LogP contribution in [0.1, 0.15) is 66.5 Å². The van der Waals surface area contributed by atoms with Gasteiger partial charge in [0.1, 0.15) is 11.6 Å². The predicted molar refractivity (Wildman–Crippen MR) is 159 cm³/mol. The summed E-state index contributed by atoms with van der Waals surface area (Å²) in [6, 6.07) is 11.0. The summed E-state index contributed by atoms with van der Waals surface area (Å²) in [6.07, 6.45) is 9.94. The molecule has 0 radical (unpaired) electrons. The van der Waals surface area contributed by atoms with Gasteiger partial charge < -0.3 is 23.7 Å². The first-order valence-electron chi connectivity index (χ1n) is 14.7. The van der Waals surface area contributed by atoms with Gasteiger partial charge in [0, 0.05) is 31.3 Å². The van der Waals surface area contributed by atoms with Crippen molar-refractivity contribution in [3.63, 3.8) is 0 Å². The van der Waals surface area contributed by atoms with Gasteiger partial charge in [0.25, 0.3) is 5.79 Å². The Morgan fingerprint density at radius 2 is 1.98 bits per heavy atom. The molecule has 1 fully saturated rings. The fourth-order valence-electron chi connectivity index (χ4n) is 6.12. The topological polar surface area (TPSA) is 94.6 Å². The molecule has 2 aromatic heterocycles. The van der Waals surface area contributed by atoms with Crippen LogP contribution < -0.4 is 9.47 Å². The van der Waals surface area contributed by atoms with E-state index in [-0.39, 0.29) is 11.7 Å². The number of fused-ring (bicyclic) bond motifs is 1. The van der Waals surface area contributed by atoms with Gasteiger partial charge in [-0.25, -0.2) is 19.2 Å². The Bertz CT molecular complexity index is 1670. The van der Waals surface area contributed by atoms with Crippen molar-refractivity contribution in [3.8, 4) is 11.5 Å². The molecule has 43 heavy (non-hydrogen) atoms. The molecule has 0 unspecified atom stereocenters. The van der Waals surface area contributed by atoms with E-state index < -0.39 is 11.8 Å². The number of para-hydroxylation sites is 1. The smallest absolute Gasteiger partial charge is 0.328 e. The van der Waals surface area contributed by atoms with Crippen LogP contribution in [-0.4, -0.2) is 48.2 Å². The zero-order chi connectivity index (χ0) is 30.1. The number of likely N-dealkylation sites (tertiary alicyclic amines) is 1. The number of rotatable bonds is 9. The molecule has 4 aromatic rings. The minimum Gasteiger partial charge on any atom is -0.478 e. The third-order valence-electron chi connectivity index (χ3n) is 8.44. The van der Waals surface area contributed by atoms with E-state index in [0.29, 0.717) is 30.2 Å². The lowest BCUT2D eigenvalue weighted by Crippen LogP contribution is -2.34. The fraction of sp³-hybridized carbons (Fsp3) is 0.364. The fourth-order valence-corrected chi connectivity index (χ4v) is 6.12. The van der Waals surface area contributed by atoms with E-state index in [4.69, 9.17) is 9.47 Å². The monoisotopic (exact) mass is 585 g/mol. The summed E-state index contributed by atoms with van der Waals surface area (Å²) in [5, 5.41) is 9.19. The van der Waals surface area contributed by atoms with Gasteiger partial charge in [-0.2, -0.15) is 0 Å². The van der Waals surface area contributed by atoms with Gasteiger partial charge in [-0.05, 0) is 75.5 Å². The molecule has 1 N–H and O–H groups in total. The first-order chi connectivity index (χ1) is 20.7. The predicted octanol–water partition coefficient (Wildman–Crippen LogP) is 5.72. The van der Waals surface area contributed by atoms with Crippen molar-refractivity contribution in [1.29, 1.82) is 0 Å². The summed E-state index contributed by atoms with van der Waals surface area (Å²) in [7, 11) is 0. The number of aliphatic carboxylic acids is 1. The lowest BCUT2D eigenvalue weighted by molar-refractivity contribution is -0.131. The van der Waals surface area contributed by atoms with Gasteiger partial charge in [0.15, 0.2) is 11.5 Å². The Morgan fingerprint density at radius 1 is 1.16 bits per heavy atom. The highest BCUT2D eigenvalue weighted by atomic mass is 19.1. The second kappa shape index (κ2) is 11.7. The molecule has 0 saturated carbocycles. The molecule has 0 spiro atoms. The number of aryl methyl sites for hydroxylation is 2. The van der Waals surface area contributed by atoms with Crippen LogP contribution in [0.4, 0.5) is 4.39 Å². The molecule has 2 aliphatic rings. The van der Waals surface area contributed by atoms with Gasteiger partial charge in [0.05, 0.1) is 42.6 Å². The highest BCUT2D eigenvalue weighted by Crippen LogP contribution is 2.49. The number of imidazole rings is 2. The summed E-state index contributed by atoms with van der Waals surface area (Å²) in [6.45, 7) is 9.40. The second-order valence-electron chi connectivity index (χ2n) is 11.4. The second-order valence-corrected chi connectivity index (χ2v) is 11.4. The van der Waals surface area contributed by atoms with E-state index in [1.165, 1.54) is 6.07 Å². The van der Waals surface area contributed by atoms with Crippen molar-refractivity contribution < 1.29 is 23.8 Å². The van der Waals surface area contributed by atoms with Crippen LogP contribution in [0.25, 0.3) is 6.08 Å². The summed E-state index contributed by atoms with van der Waals surface area (Å²) in [5.41, 5.74) is 4.08. The lowest BCUT2D eigenvalue weighted by atomic mass is 9.88. The van der Waals surface area contributed by atoms with Crippen molar-refractivity contribution >= 4 is 12.0 Å². The molecule has 1 saturated heterocycles. The SMILES string of the molecule is CCn1cncc1Cn1c(/C=C/C(=O)O)cnc1CN1CCC(c2cccc3c2O[C@@](C)(c2ccc(C)cc2F)O3)CC1. The Morgan fingerprint density at radius 3 is 2.72 bits per heavy atom. The summed E-state index contributed by atoms with van der Waals surface area (Å²) in [4.78, 5) is 22.6. The van der Waals surface area contributed by atoms with Crippen LogP contribution in [0, 0.1) is 12.7 Å². The molecular formula is C33H36FN5O4. The van der Waals surface area contributed by atoms with E-state index in [2.05, 4.69) is 37.0 Å². The maximum Gasteiger partial charge on any atom is 0.328 e. The molecule has 0 bridgehead atoms. The minimum atomic E-state index is -1.23. The highest BCUT2D eigenvalue weighted by Gasteiger charge is 2.42. The normalized spacial score (nSPS) is 19.0. The van der Waals surface area contributed by atoms with Gasteiger partial charge in [-0.3, -0.25) is 4.90 Å². The van der Waals surface area contributed by atoms with E-state index in [9.17, 15) is 14.3 Å². The highest BCUT2D eigenvalue weighted by molar-refractivity contribution is 5.84. The van der Waals surface area contributed by atoms with Gasteiger partial charge in [-0.1, -0.05) is 18.2 Å². The van der Waals surface area contributed by atoms with Crippen molar-refractivity contribution in [2.45, 2.75) is 65.0 Å². The minimum absolute atomic E-state index is 0.271. The molecule has 2 aromatic carbocycles. The van der Waals surface area contributed by atoms with E-state index >= 15 is 0 Å². The standard InChI is InChI=1S/C33H36FN5O4/c1-4-38-21-35-17-25(38)19-39-24(9-11-31(40)41)18-36-30(39)20-37-14-12-23(13-15-37)26-6-5-7-29-32(26)43-33(3,42-29)27-10-8-22(2)16-28(27)34/h5-11,16-18,21,23H,4,12-15,19-20H2,1-3H3,(H,40,41)/b11-9+/t33-/m0/s1. The van der Waals surface area contributed by atoms with Gasteiger partial charge in [-0.15, -0.1) is 0 Å². The van der Waals surface area contributed by atoms with Crippen molar-refractivity contribution in [1.82, 2.24) is 24.0 Å². The van der Waals surface area contributed by atoms with Crippen LogP contribution in [0.5, 0.6) is 11.5 Å². The quantitative estimate of drug-likeness (QED) is 0.251. The Balaban J connectivity index is 1.17. The first kappa shape index (κ1) is 28.7. The van der Waals surface area contributed by atoms with E-state index in [0.717, 1.165) is 66.9 Å². The molecule has 0 aliphatic carbocycles. The van der Waals surface area contributed by atoms with Crippen molar-refractivity contribution in [3.05, 3.63) is 101 Å². The van der Waals surface area contributed by atoms with Crippen molar-refractivity contribution in [2.75, 3.05) is 13.1 Å². The zero-order valence-corrected chi connectivity index (χ0v) is 24.7. The molecule has 6 rings (SSSR count). The molecule has 10 heteroatoms. The number of hydrogen-bond acceptors (Lipinski definition) is 6. The molecule has 1 atom stereocenters. The molecule has 2 aliphatic heterocycles. The Kier molecular flexibility index (Phi) is 7.79. The van der Waals surface area contributed by atoms with Crippen molar-refractivity contribution in [2.24, 2.45) is 0 Å². The third-order valence-corrected chi connectivity index (χ3v) is 8.44. The van der Waals surface area contributed by atoms with Gasteiger partial charge in [0.2, 0.25) is 0 Å². The maximum absolute atomic E-state index is 14.9. The molecule has 224 valence electrons. The number of hydrogen-bond donors (Lipinski definition) is 1. The van der Waals surface area contributed by atoms with Gasteiger partial charge >= 0.3 is 5.97 Å². The number of carboxylic acids is 1. The molecule has 0 amide bonds. The number of aromatic nitrogens is 4. The number of piperidine rings is 1. The number of benzene rings is 2.